The molecule has 0 atom stereocenters. The first kappa shape index (κ1) is 17.4. The second kappa shape index (κ2) is 6.84. The van der Waals surface area contributed by atoms with Crippen molar-refractivity contribution in [2.45, 2.75) is 19.8 Å². The van der Waals surface area contributed by atoms with Gasteiger partial charge in [0.15, 0.2) is 0 Å². The van der Waals surface area contributed by atoms with Gasteiger partial charge in [-0.1, -0.05) is 13.3 Å². The lowest BCUT2D eigenvalue weighted by atomic mass is 9.82. The molecule has 0 bridgehead atoms. The predicted octanol–water partition coefficient (Wildman–Crippen LogP) is 4.27. The number of phenolic OH excluding ortho intramolecular Hbond substituents is 1. The number of carbonyl (C=O) groups excluding carboxylic acids is 2. The van der Waals surface area contributed by atoms with Crippen molar-refractivity contribution < 1.29 is 27.7 Å². The third kappa shape index (κ3) is 2.89. The van der Waals surface area contributed by atoms with E-state index in [0.29, 0.717) is 5.75 Å². The summed E-state index contributed by atoms with van der Waals surface area (Å²) in [5.74, 6) is -3.60. The molecule has 0 amide bonds. The molecule has 1 aliphatic carbocycles. The van der Waals surface area contributed by atoms with Crippen LogP contribution in [0, 0.1) is 11.6 Å². The number of hydrogen-bond acceptors (Lipinski definition) is 5. The van der Waals surface area contributed by atoms with Crippen LogP contribution in [0.4, 0.5) is 8.78 Å². The molecule has 25 heavy (non-hydrogen) atoms. The number of ketones is 2. The maximum Gasteiger partial charge on any atom is 0.201 e. The number of fused-ring (bicyclic) bond motifs is 2. The summed E-state index contributed by atoms with van der Waals surface area (Å²) in [5.41, 5.74) is -1.91. The molecule has 0 unspecified atom stereocenters. The molecule has 4 nitrogen and oxygen atoms in total. The molecule has 0 heterocycles. The summed E-state index contributed by atoms with van der Waals surface area (Å²) in [6, 6.07) is 4.11. The largest absolute Gasteiger partial charge is 0.507 e. The van der Waals surface area contributed by atoms with Crippen LogP contribution < -0.4 is 4.18 Å². The molecule has 7 heteroatoms. The minimum atomic E-state index is -1.01. The van der Waals surface area contributed by atoms with Gasteiger partial charge in [0, 0.05) is 5.75 Å². The number of unbranched alkanes of at least 4 members (excludes halogenated alkanes) is 1. The summed E-state index contributed by atoms with van der Waals surface area (Å²) in [6.07, 6.45) is 1.85. The Morgan fingerprint density at radius 1 is 0.960 bits per heavy atom. The van der Waals surface area contributed by atoms with Crippen molar-refractivity contribution >= 4 is 23.6 Å². The molecule has 2 aromatic rings. The quantitative estimate of drug-likeness (QED) is 0.541. The average Bonchev–Trinajstić information content (AvgIpc) is 2.59. The fraction of sp³-hybridized carbons (Fsp3) is 0.222. The lowest BCUT2D eigenvalue weighted by Crippen LogP contribution is -2.24. The standard InChI is InChI=1S/C18H14F2O4S/c1-2-3-8-25-24-12-7-6-11(21)15-16(12)18(23)14-10(20)5-4-9(19)13(14)17(15)22/h4-7,21H,2-3,8H2,1H3. The van der Waals surface area contributed by atoms with E-state index >= 15 is 0 Å². The maximum absolute atomic E-state index is 14.1. The van der Waals surface area contributed by atoms with Crippen molar-refractivity contribution in [3.8, 4) is 11.5 Å². The van der Waals surface area contributed by atoms with Crippen molar-refractivity contribution in [2.75, 3.05) is 5.75 Å². The summed E-state index contributed by atoms with van der Waals surface area (Å²) in [6.45, 7) is 2.01. The van der Waals surface area contributed by atoms with Crippen molar-refractivity contribution in [1.29, 1.82) is 0 Å². The minimum Gasteiger partial charge on any atom is -0.507 e. The Labute approximate surface area is 147 Å². The van der Waals surface area contributed by atoms with Crippen LogP contribution in [-0.2, 0) is 0 Å². The fourth-order valence-electron chi connectivity index (χ4n) is 2.65. The summed E-state index contributed by atoms with van der Waals surface area (Å²) in [4.78, 5) is 25.3. The topological polar surface area (TPSA) is 63.6 Å². The Kier molecular flexibility index (Phi) is 4.76. The lowest BCUT2D eigenvalue weighted by Gasteiger charge is -2.21. The molecule has 3 rings (SSSR count). The fourth-order valence-corrected chi connectivity index (χ4v) is 3.41. The smallest absolute Gasteiger partial charge is 0.201 e. The summed E-state index contributed by atoms with van der Waals surface area (Å²) >= 11 is 1.09. The molecule has 0 fully saturated rings. The number of benzene rings is 2. The van der Waals surface area contributed by atoms with Crippen LogP contribution >= 0.6 is 12.0 Å². The highest BCUT2D eigenvalue weighted by Gasteiger charge is 2.38. The van der Waals surface area contributed by atoms with Gasteiger partial charge >= 0.3 is 0 Å². The lowest BCUT2D eigenvalue weighted by molar-refractivity contribution is 0.0968. The van der Waals surface area contributed by atoms with Crippen molar-refractivity contribution in [1.82, 2.24) is 0 Å². The SMILES string of the molecule is CCCCSOc1ccc(O)c2c1C(=O)c1c(F)ccc(F)c1C2=O. The third-order valence-corrected chi connectivity index (χ3v) is 4.64. The Morgan fingerprint density at radius 2 is 1.56 bits per heavy atom. The summed E-state index contributed by atoms with van der Waals surface area (Å²) < 4.78 is 33.6. The first-order valence-electron chi connectivity index (χ1n) is 7.70. The average molecular weight is 364 g/mol. The molecule has 1 aliphatic rings. The minimum absolute atomic E-state index is 0.0431. The number of hydrogen-bond donors (Lipinski definition) is 1. The van der Waals surface area contributed by atoms with Crippen molar-refractivity contribution in [3.63, 3.8) is 0 Å². The van der Waals surface area contributed by atoms with E-state index < -0.39 is 40.1 Å². The van der Waals surface area contributed by atoms with Crippen LogP contribution in [0.5, 0.6) is 11.5 Å². The molecular weight excluding hydrogens is 350 g/mol. The van der Waals surface area contributed by atoms with Crippen LogP contribution in [0.1, 0.15) is 51.6 Å². The molecule has 130 valence electrons. The van der Waals surface area contributed by atoms with Gasteiger partial charge in [-0.15, -0.1) is 0 Å². The van der Waals surface area contributed by atoms with Gasteiger partial charge in [0.25, 0.3) is 0 Å². The van der Waals surface area contributed by atoms with E-state index in [1.165, 1.54) is 12.1 Å². The van der Waals surface area contributed by atoms with Gasteiger partial charge < -0.3 is 9.29 Å². The van der Waals surface area contributed by atoms with E-state index in [9.17, 15) is 23.5 Å². The summed E-state index contributed by atoms with van der Waals surface area (Å²) in [7, 11) is 0. The summed E-state index contributed by atoms with van der Waals surface area (Å²) in [5, 5.41) is 10.0. The zero-order chi connectivity index (χ0) is 18.1. The highest BCUT2D eigenvalue weighted by atomic mass is 32.2. The highest BCUT2D eigenvalue weighted by molar-refractivity contribution is 7.95. The number of carbonyl (C=O) groups is 2. The van der Waals surface area contributed by atoms with Crippen LogP contribution in [0.25, 0.3) is 0 Å². The molecule has 0 saturated carbocycles. The van der Waals surface area contributed by atoms with Gasteiger partial charge in [-0.25, -0.2) is 8.78 Å². The number of rotatable bonds is 5. The third-order valence-electron chi connectivity index (χ3n) is 3.89. The van der Waals surface area contributed by atoms with Crippen LogP contribution in [0.3, 0.4) is 0 Å². The van der Waals surface area contributed by atoms with E-state index in [2.05, 4.69) is 0 Å². The Balaban J connectivity index is 2.13. The van der Waals surface area contributed by atoms with E-state index in [-0.39, 0.29) is 16.9 Å². The normalized spacial score (nSPS) is 12.8. The second-order valence-electron chi connectivity index (χ2n) is 5.53. The van der Waals surface area contributed by atoms with Gasteiger partial charge in [-0.05, 0) is 30.7 Å². The first-order valence-corrected chi connectivity index (χ1v) is 8.61. The van der Waals surface area contributed by atoms with Gasteiger partial charge in [0.05, 0.1) is 34.3 Å². The molecule has 0 radical (unpaired) electrons. The monoisotopic (exact) mass is 364 g/mol. The first-order chi connectivity index (χ1) is 12.0. The van der Waals surface area contributed by atoms with E-state index in [1.807, 2.05) is 6.92 Å². The molecule has 0 aromatic heterocycles. The number of aromatic hydroxyl groups is 1. The molecule has 0 spiro atoms. The van der Waals surface area contributed by atoms with Crippen molar-refractivity contribution in [2.24, 2.45) is 0 Å². The molecule has 0 aliphatic heterocycles. The van der Waals surface area contributed by atoms with E-state index in [0.717, 1.165) is 37.0 Å². The van der Waals surface area contributed by atoms with Crippen LogP contribution in [-0.4, -0.2) is 22.4 Å². The maximum atomic E-state index is 14.1. The molecule has 2 aromatic carbocycles. The number of halogens is 2. The molecular formula is C18H14F2O4S. The molecule has 1 N–H and O–H groups in total. The predicted molar refractivity (Wildman–Crippen MR) is 89.3 cm³/mol. The second-order valence-corrected chi connectivity index (χ2v) is 6.34. The number of phenols is 1. The van der Waals surface area contributed by atoms with E-state index in [4.69, 9.17) is 4.18 Å². The Bertz CT molecular complexity index is 880. The highest BCUT2D eigenvalue weighted by Crippen LogP contribution is 2.40. The zero-order valence-electron chi connectivity index (χ0n) is 13.3. The van der Waals surface area contributed by atoms with E-state index in [1.54, 1.807) is 0 Å². The Morgan fingerprint density at radius 3 is 2.16 bits per heavy atom. The van der Waals surface area contributed by atoms with Crippen LogP contribution in [0.2, 0.25) is 0 Å². The molecule has 0 saturated heterocycles. The zero-order valence-corrected chi connectivity index (χ0v) is 14.1. The van der Waals surface area contributed by atoms with Crippen molar-refractivity contribution in [3.05, 3.63) is 58.2 Å². The van der Waals surface area contributed by atoms with Gasteiger partial charge in [0.1, 0.15) is 23.1 Å². The Hall–Kier alpha value is -2.41. The van der Waals surface area contributed by atoms with Gasteiger partial charge in [-0.3, -0.25) is 9.59 Å². The van der Waals surface area contributed by atoms with Crippen LogP contribution in [0.15, 0.2) is 24.3 Å². The van der Waals surface area contributed by atoms with Gasteiger partial charge in [0.2, 0.25) is 11.6 Å². The van der Waals surface area contributed by atoms with Gasteiger partial charge in [-0.2, -0.15) is 0 Å².